The highest BCUT2D eigenvalue weighted by Crippen LogP contribution is 2.17. The summed E-state index contributed by atoms with van der Waals surface area (Å²) in [5.41, 5.74) is 2.42. The molecule has 7 heteroatoms. The zero-order chi connectivity index (χ0) is 18.0. The van der Waals surface area contributed by atoms with Crippen LogP contribution in [-0.4, -0.2) is 30.7 Å². The number of hydrogen-bond donors (Lipinski definition) is 0. The molecule has 0 amide bonds. The minimum absolute atomic E-state index is 0.269. The van der Waals surface area contributed by atoms with Crippen molar-refractivity contribution < 1.29 is 23.5 Å². The number of oxazole rings is 1. The summed E-state index contributed by atoms with van der Waals surface area (Å²) in [4.78, 5) is 35.1. The third-order valence-corrected chi connectivity index (χ3v) is 3.81. The molecule has 0 fully saturated rings. The number of methoxy groups -OCH3 is 2. The minimum atomic E-state index is -0.533. The second kappa shape index (κ2) is 6.64. The zero-order valence-corrected chi connectivity index (χ0v) is 13.6. The van der Waals surface area contributed by atoms with Gasteiger partial charge in [-0.25, -0.2) is 14.4 Å². The van der Waals surface area contributed by atoms with Crippen LogP contribution in [0.1, 0.15) is 26.3 Å². The number of rotatable bonds is 4. The van der Waals surface area contributed by atoms with Crippen LogP contribution in [0.2, 0.25) is 0 Å². The second-order valence-electron chi connectivity index (χ2n) is 5.32. The maximum Gasteiger partial charge on any atom is 0.420 e. The normalized spacial score (nSPS) is 10.6. The van der Waals surface area contributed by atoms with Crippen molar-refractivity contribution in [1.29, 1.82) is 0 Å². The lowest BCUT2D eigenvalue weighted by atomic mass is 10.1. The molecule has 0 radical (unpaired) electrons. The van der Waals surface area contributed by atoms with Gasteiger partial charge in [-0.2, -0.15) is 0 Å². The fourth-order valence-electron chi connectivity index (χ4n) is 2.51. The number of fused-ring (bicyclic) bond motifs is 1. The zero-order valence-electron chi connectivity index (χ0n) is 13.6. The van der Waals surface area contributed by atoms with Gasteiger partial charge in [0.25, 0.3) is 0 Å². The molecule has 0 aliphatic carbocycles. The number of benzene rings is 2. The SMILES string of the molecule is COC(=O)c1ccc(Cn2c(=O)oc3cc(C(=O)OC)ccc32)cc1. The van der Waals surface area contributed by atoms with Gasteiger partial charge >= 0.3 is 17.7 Å². The minimum Gasteiger partial charge on any atom is -0.465 e. The maximum atomic E-state index is 12.1. The summed E-state index contributed by atoms with van der Waals surface area (Å²) in [6.07, 6.45) is 0. The third kappa shape index (κ3) is 3.16. The van der Waals surface area contributed by atoms with E-state index in [1.165, 1.54) is 24.9 Å². The largest absolute Gasteiger partial charge is 0.465 e. The van der Waals surface area contributed by atoms with E-state index >= 15 is 0 Å². The molecule has 0 N–H and O–H groups in total. The molecule has 0 spiro atoms. The van der Waals surface area contributed by atoms with Crippen molar-refractivity contribution in [2.75, 3.05) is 14.2 Å². The molecule has 3 rings (SSSR count). The Hall–Kier alpha value is -3.35. The van der Waals surface area contributed by atoms with Crippen LogP contribution in [0.15, 0.2) is 51.7 Å². The van der Waals surface area contributed by atoms with Gasteiger partial charge in [-0.05, 0) is 35.9 Å². The van der Waals surface area contributed by atoms with E-state index in [0.29, 0.717) is 22.2 Å². The van der Waals surface area contributed by atoms with Crippen LogP contribution < -0.4 is 5.76 Å². The smallest absolute Gasteiger partial charge is 0.420 e. The number of aromatic nitrogens is 1. The number of carbonyl (C=O) groups is 2. The molecule has 0 unspecified atom stereocenters. The Balaban J connectivity index is 1.93. The Morgan fingerprint density at radius 3 is 2.20 bits per heavy atom. The van der Waals surface area contributed by atoms with Crippen molar-refractivity contribution in [1.82, 2.24) is 4.57 Å². The first-order chi connectivity index (χ1) is 12.0. The average Bonchev–Trinajstić information content (AvgIpc) is 2.95. The molecule has 0 aliphatic heterocycles. The van der Waals surface area contributed by atoms with Crippen LogP contribution in [0.4, 0.5) is 0 Å². The molecular formula is C18H15NO6. The molecule has 7 nitrogen and oxygen atoms in total. The Bertz CT molecular complexity index is 997. The highest BCUT2D eigenvalue weighted by molar-refractivity contribution is 5.93. The van der Waals surface area contributed by atoms with E-state index in [9.17, 15) is 14.4 Å². The van der Waals surface area contributed by atoms with Crippen molar-refractivity contribution in [3.8, 4) is 0 Å². The third-order valence-electron chi connectivity index (χ3n) is 3.81. The average molecular weight is 341 g/mol. The Morgan fingerprint density at radius 1 is 0.960 bits per heavy atom. The van der Waals surface area contributed by atoms with E-state index in [4.69, 9.17) is 4.42 Å². The molecule has 0 bridgehead atoms. The summed E-state index contributed by atoms with van der Waals surface area (Å²) in [5, 5.41) is 0. The standard InChI is InChI=1S/C18H15NO6/c1-23-16(20)12-5-3-11(4-6-12)10-19-14-8-7-13(17(21)24-2)9-15(14)25-18(19)22/h3-9H,10H2,1-2H3. The summed E-state index contributed by atoms with van der Waals surface area (Å²) >= 11 is 0. The molecular weight excluding hydrogens is 326 g/mol. The number of hydrogen-bond acceptors (Lipinski definition) is 6. The molecule has 3 aromatic rings. The molecule has 0 saturated carbocycles. The van der Waals surface area contributed by atoms with Gasteiger partial charge in [0, 0.05) is 0 Å². The van der Waals surface area contributed by atoms with E-state index in [2.05, 4.69) is 9.47 Å². The van der Waals surface area contributed by atoms with Gasteiger partial charge < -0.3 is 13.9 Å². The summed E-state index contributed by atoms with van der Waals surface area (Å²) in [7, 11) is 2.60. The molecule has 25 heavy (non-hydrogen) atoms. The van der Waals surface area contributed by atoms with Crippen LogP contribution in [0, 0.1) is 0 Å². The number of ether oxygens (including phenoxy) is 2. The second-order valence-corrected chi connectivity index (χ2v) is 5.32. The van der Waals surface area contributed by atoms with Gasteiger partial charge in [-0.1, -0.05) is 12.1 Å². The fourth-order valence-corrected chi connectivity index (χ4v) is 2.51. The molecule has 128 valence electrons. The monoisotopic (exact) mass is 341 g/mol. The topological polar surface area (TPSA) is 87.7 Å². The highest BCUT2D eigenvalue weighted by Gasteiger charge is 2.14. The van der Waals surface area contributed by atoms with Crippen LogP contribution in [-0.2, 0) is 16.0 Å². The Morgan fingerprint density at radius 2 is 1.56 bits per heavy atom. The van der Waals surface area contributed by atoms with E-state index in [1.807, 2.05) is 0 Å². The first-order valence-corrected chi connectivity index (χ1v) is 7.42. The molecule has 1 heterocycles. The van der Waals surface area contributed by atoms with Gasteiger partial charge in [0.15, 0.2) is 5.58 Å². The van der Waals surface area contributed by atoms with E-state index in [0.717, 1.165) is 5.56 Å². The summed E-state index contributed by atoms with van der Waals surface area (Å²) in [5.74, 6) is -1.46. The summed E-state index contributed by atoms with van der Waals surface area (Å²) < 4.78 is 16.0. The van der Waals surface area contributed by atoms with Gasteiger partial charge in [0.1, 0.15) is 0 Å². The van der Waals surface area contributed by atoms with E-state index < -0.39 is 17.7 Å². The summed E-state index contributed by atoms with van der Waals surface area (Å²) in [6, 6.07) is 11.4. The molecule has 2 aromatic carbocycles. The quantitative estimate of drug-likeness (QED) is 0.676. The molecule has 0 atom stereocenters. The predicted molar refractivity (Wildman–Crippen MR) is 88.7 cm³/mol. The maximum absolute atomic E-state index is 12.1. The van der Waals surface area contributed by atoms with Crippen LogP contribution in [0.3, 0.4) is 0 Å². The van der Waals surface area contributed by atoms with Crippen molar-refractivity contribution in [3.63, 3.8) is 0 Å². The van der Waals surface area contributed by atoms with Crippen molar-refractivity contribution >= 4 is 23.0 Å². The van der Waals surface area contributed by atoms with Gasteiger partial charge in [-0.15, -0.1) is 0 Å². The number of nitrogens with zero attached hydrogens (tertiary/aromatic N) is 1. The lowest BCUT2D eigenvalue weighted by Gasteiger charge is -2.05. The van der Waals surface area contributed by atoms with E-state index in [1.54, 1.807) is 36.4 Å². The Labute approximate surface area is 142 Å². The van der Waals surface area contributed by atoms with Gasteiger partial charge in [-0.3, -0.25) is 4.57 Å². The lowest BCUT2D eigenvalue weighted by molar-refractivity contribution is 0.0592. The number of carbonyl (C=O) groups excluding carboxylic acids is 2. The van der Waals surface area contributed by atoms with Crippen molar-refractivity contribution in [3.05, 3.63) is 69.7 Å². The molecule has 0 saturated heterocycles. The highest BCUT2D eigenvalue weighted by atomic mass is 16.5. The first kappa shape index (κ1) is 16.5. The van der Waals surface area contributed by atoms with Crippen molar-refractivity contribution in [2.24, 2.45) is 0 Å². The van der Waals surface area contributed by atoms with E-state index in [-0.39, 0.29) is 6.54 Å². The number of esters is 2. The van der Waals surface area contributed by atoms with Gasteiger partial charge in [0.05, 0.1) is 37.4 Å². The van der Waals surface area contributed by atoms with Crippen LogP contribution >= 0.6 is 0 Å². The summed E-state index contributed by atoms with van der Waals surface area (Å²) in [6.45, 7) is 0.269. The van der Waals surface area contributed by atoms with Crippen LogP contribution in [0.25, 0.3) is 11.1 Å². The fraction of sp³-hybridized carbons (Fsp3) is 0.167. The molecule has 0 aliphatic rings. The predicted octanol–water partition coefficient (Wildman–Crippen LogP) is 2.22. The van der Waals surface area contributed by atoms with Crippen molar-refractivity contribution in [2.45, 2.75) is 6.54 Å². The lowest BCUT2D eigenvalue weighted by Crippen LogP contribution is -2.15. The molecule has 1 aromatic heterocycles. The van der Waals surface area contributed by atoms with Gasteiger partial charge in [0.2, 0.25) is 0 Å². The Kier molecular flexibility index (Phi) is 4.38. The first-order valence-electron chi connectivity index (χ1n) is 7.42. The van der Waals surface area contributed by atoms with Crippen LogP contribution in [0.5, 0.6) is 0 Å².